The lowest BCUT2D eigenvalue weighted by Crippen LogP contribution is -2.41. The van der Waals surface area contributed by atoms with E-state index in [0.717, 1.165) is 53.8 Å². The molecule has 6 nitrogen and oxygen atoms in total. The first kappa shape index (κ1) is 21.2. The van der Waals surface area contributed by atoms with Crippen molar-refractivity contribution >= 4 is 17.2 Å². The highest BCUT2D eigenvalue weighted by molar-refractivity contribution is 5.98. The van der Waals surface area contributed by atoms with Crippen LogP contribution >= 0.6 is 0 Å². The second kappa shape index (κ2) is 9.45. The smallest absolute Gasteiger partial charge is 0.160 e. The van der Waals surface area contributed by atoms with Crippen LogP contribution in [0.2, 0.25) is 0 Å². The third kappa shape index (κ3) is 4.75. The van der Waals surface area contributed by atoms with Crippen LogP contribution in [0.3, 0.4) is 0 Å². The number of piperidine rings is 1. The van der Waals surface area contributed by atoms with Gasteiger partial charge in [-0.2, -0.15) is 0 Å². The third-order valence-corrected chi connectivity index (χ3v) is 6.33. The van der Waals surface area contributed by atoms with Crippen molar-refractivity contribution in [1.82, 2.24) is 9.58 Å². The molecule has 2 aliphatic rings. The summed E-state index contributed by atoms with van der Waals surface area (Å²) >= 11 is 0. The topological polar surface area (TPSA) is 56.6 Å². The van der Waals surface area contributed by atoms with E-state index in [4.69, 9.17) is 4.99 Å². The summed E-state index contributed by atoms with van der Waals surface area (Å²) < 4.78 is 2.10. The number of anilines is 2. The van der Waals surface area contributed by atoms with E-state index in [9.17, 15) is 0 Å². The van der Waals surface area contributed by atoms with Gasteiger partial charge in [0.25, 0.3) is 0 Å². The van der Waals surface area contributed by atoms with E-state index in [1.54, 1.807) is 0 Å². The maximum absolute atomic E-state index is 5.11. The van der Waals surface area contributed by atoms with Gasteiger partial charge in [0, 0.05) is 30.7 Å². The maximum Gasteiger partial charge on any atom is 0.160 e. The standard InChI is InChI=1S/C27H32N6/c1-3-21-9-13-23(14-10-21)28-20(2)29-24-15-11-22(12-16-24)26-30-27(32-17-5-4-6-18-32)25-8-7-19-33(25)31-26/h7-16,19,26,28-29,31H,2-6,17-18H2,1H3. The first-order valence-corrected chi connectivity index (χ1v) is 11.9. The number of amidine groups is 1. The van der Waals surface area contributed by atoms with E-state index in [1.807, 2.05) is 0 Å². The first-order valence-electron chi connectivity index (χ1n) is 11.9. The monoisotopic (exact) mass is 440 g/mol. The van der Waals surface area contributed by atoms with E-state index < -0.39 is 0 Å². The van der Waals surface area contributed by atoms with Gasteiger partial charge in [0.2, 0.25) is 0 Å². The van der Waals surface area contributed by atoms with Crippen LogP contribution in [0.15, 0.2) is 84.3 Å². The molecule has 1 atom stereocenters. The Morgan fingerprint density at radius 2 is 1.64 bits per heavy atom. The highest BCUT2D eigenvalue weighted by atomic mass is 15.5. The number of nitrogens with one attached hydrogen (secondary N) is 3. The summed E-state index contributed by atoms with van der Waals surface area (Å²) in [5, 5.41) is 6.67. The van der Waals surface area contributed by atoms with E-state index >= 15 is 0 Å². The molecule has 3 aromatic rings. The van der Waals surface area contributed by atoms with Gasteiger partial charge < -0.3 is 15.5 Å². The Balaban J connectivity index is 1.27. The molecule has 3 heterocycles. The lowest BCUT2D eigenvalue weighted by Gasteiger charge is -2.34. The van der Waals surface area contributed by atoms with Gasteiger partial charge in [-0.25, -0.2) is 4.99 Å². The molecule has 0 radical (unpaired) electrons. The van der Waals surface area contributed by atoms with Crippen molar-refractivity contribution in [2.75, 3.05) is 29.1 Å². The van der Waals surface area contributed by atoms with Crippen molar-refractivity contribution < 1.29 is 0 Å². The summed E-state index contributed by atoms with van der Waals surface area (Å²) in [7, 11) is 0. The largest absolute Gasteiger partial charge is 0.355 e. The molecule has 1 aromatic heterocycles. The van der Waals surface area contributed by atoms with Gasteiger partial charge in [-0.05, 0) is 73.2 Å². The van der Waals surface area contributed by atoms with Crippen LogP contribution < -0.4 is 16.1 Å². The summed E-state index contributed by atoms with van der Waals surface area (Å²) in [6.07, 6.45) is 6.77. The zero-order valence-electron chi connectivity index (χ0n) is 19.2. The van der Waals surface area contributed by atoms with Crippen molar-refractivity contribution in [2.24, 2.45) is 4.99 Å². The second-order valence-electron chi connectivity index (χ2n) is 8.70. The molecule has 3 N–H and O–H groups in total. The SMILES string of the molecule is C=C(Nc1ccc(CC)cc1)Nc1ccc(C2N=C(N3CCCCC3)c3cccn3N2)cc1. The van der Waals surface area contributed by atoms with Crippen LogP contribution in [0.5, 0.6) is 0 Å². The first-order chi connectivity index (χ1) is 16.2. The molecule has 0 amide bonds. The van der Waals surface area contributed by atoms with Crippen molar-refractivity contribution in [1.29, 1.82) is 0 Å². The summed E-state index contributed by atoms with van der Waals surface area (Å²) in [5.41, 5.74) is 9.12. The minimum absolute atomic E-state index is 0.116. The van der Waals surface area contributed by atoms with Gasteiger partial charge in [-0.1, -0.05) is 37.8 Å². The van der Waals surface area contributed by atoms with Gasteiger partial charge in [0.1, 0.15) is 11.5 Å². The van der Waals surface area contributed by atoms with Crippen LogP contribution in [0.1, 0.15) is 49.2 Å². The number of benzene rings is 2. The summed E-state index contributed by atoms with van der Waals surface area (Å²) in [5.74, 6) is 1.84. The molecule has 0 spiro atoms. The molecule has 1 saturated heterocycles. The molecule has 0 aliphatic carbocycles. The zero-order chi connectivity index (χ0) is 22.6. The number of aryl methyl sites for hydroxylation is 1. The Labute approximate surface area is 196 Å². The van der Waals surface area contributed by atoms with E-state index in [2.05, 4.69) is 106 Å². The van der Waals surface area contributed by atoms with E-state index in [-0.39, 0.29) is 6.17 Å². The molecule has 0 saturated carbocycles. The third-order valence-electron chi connectivity index (χ3n) is 6.33. The predicted molar refractivity (Wildman–Crippen MR) is 137 cm³/mol. The van der Waals surface area contributed by atoms with Crippen molar-refractivity contribution in [3.8, 4) is 0 Å². The van der Waals surface area contributed by atoms with Gasteiger partial charge in [-0.15, -0.1) is 0 Å². The number of likely N-dealkylation sites (tertiary alicyclic amines) is 1. The fourth-order valence-corrected chi connectivity index (χ4v) is 4.48. The van der Waals surface area contributed by atoms with Crippen LogP contribution in [-0.2, 0) is 6.42 Å². The molecule has 170 valence electrons. The average Bonchev–Trinajstić information content (AvgIpc) is 3.34. The maximum atomic E-state index is 5.11. The minimum atomic E-state index is -0.116. The van der Waals surface area contributed by atoms with Crippen LogP contribution in [0.4, 0.5) is 11.4 Å². The molecule has 1 unspecified atom stereocenters. The van der Waals surface area contributed by atoms with E-state index in [0.29, 0.717) is 0 Å². The molecule has 6 heteroatoms. The van der Waals surface area contributed by atoms with Gasteiger partial charge in [0.05, 0.1) is 0 Å². The molecule has 33 heavy (non-hydrogen) atoms. The Morgan fingerprint density at radius 1 is 0.970 bits per heavy atom. The Morgan fingerprint density at radius 3 is 2.30 bits per heavy atom. The molecular formula is C27H32N6. The fourth-order valence-electron chi connectivity index (χ4n) is 4.48. The molecule has 1 fully saturated rings. The number of hydrogen-bond acceptors (Lipinski definition) is 5. The predicted octanol–water partition coefficient (Wildman–Crippen LogP) is 5.53. The minimum Gasteiger partial charge on any atom is -0.355 e. The van der Waals surface area contributed by atoms with Gasteiger partial charge in [-0.3, -0.25) is 10.1 Å². The average molecular weight is 441 g/mol. The Bertz CT molecular complexity index is 1120. The number of aromatic nitrogens is 1. The number of hydrogen-bond donors (Lipinski definition) is 3. The lowest BCUT2D eigenvalue weighted by atomic mass is 10.1. The second-order valence-corrected chi connectivity index (χ2v) is 8.70. The zero-order valence-corrected chi connectivity index (χ0v) is 19.2. The number of aliphatic imine (C=N–C) groups is 1. The highest BCUT2D eigenvalue weighted by Crippen LogP contribution is 2.26. The van der Waals surface area contributed by atoms with Crippen molar-refractivity contribution in [2.45, 2.75) is 38.8 Å². The summed E-state index contributed by atoms with van der Waals surface area (Å²) in [6.45, 7) is 8.43. The fraction of sp³-hybridized carbons (Fsp3) is 0.296. The van der Waals surface area contributed by atoms with Crippen molar-refractivity contribution in [3.05, 3.63) is 96.1 Å². The quantitative estimate of drug-likeness (QED) is 0.471. The lowest BCUT2D eigenvalue weighted by molar-refractivity contribution is 0.337. The van der Waals surface area contributed by atoms with Crippen LogP contribution in [-0.4, -0.2) is 28.5 Å². The Hall–Kier alpha value is -3.67. The molecular weight excluding hydrogens is 408 g/mol. The molecule has 5 rings (SSSR count). The molecule has 2 aromatic carbocycles. The normalized spacial score (nSPS) is 17.5. The van der Waals surface area contributed by atoms with Crippen LogP contribution in [0.25, 0.3) is 0 Å². The summed E-state index contributed by atoms with van der Waals surface area (Å²) in [4.78, 5) is 7.54. The van der Waals surface area contributed by atoms with Crippen molar-refractivity contribution in [3.63, 3.8) is 0 Å². The Kier molecular flexibility index (Phi) is 6.07. The van der Waals surface area contributed by atoms with E-state index in [1.165, 1.54) is 24.8 Å². The number of fused-ring (bicyclic) bond motifs is 1. The molecule has 2 aliphatic heterocycles. The highest BCUT2D eigenvalue weighted by Gasteiger charge is 2.25. The van der Waals surface area contributed by atoms with Crippen LogP contribution in [0, 0.1) is 0 Å². The van der Waals surface area contributed by atoms with Gasteiger partial charge >= 0.3 is 0 Å². The number of nitrogens with zero attached hydrogens (tertiary/aromatic N) is 3. The number of rotatable bonds is 6. The van der Waals surface area contributed by atoms with Gasteiger partial charge in [0.15, 0.2) is 12.0 Å². The molecule has 0 bridgehead atoms. The summed E-state index contributed by atoms with van der Waals surface area (Å²) in [6, 6.07) is 21.0.